The van der Waals surface area contributed by atoms with Gasteiger partial charge in [0.2, 0.25) is 5.91 Å². The van der Waals surface area contributed by atoms with E-state index >= 15 is 0 Å². The van der Waals surface area contributed by atoms with Crippen molar-refractivity contribution >= 4 is 17.3 Å². The van der Waals surface area contributed by atoms with Crippen molar-refractivity contribution in [2.45, 2.75) is 26.3 Å². The molecule has 1 amide bonds. The first-order chi connectivity index (χ1) is 13.1. The van der Waals surface area contributed by atoms with Crippen LogP contribution in [0, 0.1) is 0 Å². The van der Waals surface area contributed by atoms with Crippen molar-refractivity contribution in [3.05, 3.63) is 47.5 Å². The number of hydrogen-bond acceptors (Lipinski definition) is 5. The Hall–Kier alpha value is -2.73. The van der Waals surface area contributed by atoms with E-state index < -0.39 is 0 Å². The van der Waals surface area contributed by atoms with Gasteiger partial charge < -0.3 is 24.8 Å². The molecule has 0 fully saturated rings. The highest BCUT2D eigenvalue weighted by Gasteiger charge is 2.20. The summed E-state index contributed by atoms with van der Waals surface area (Å²) in [6.45, 7) is 3.20. The van der Waals surface area contributed by atoms with Crippen molar-refractivity contribution in [2.24, 2.45) is 0 Å². The summed E-state index contributed by atoms with van der Waals surface area (Å²) in [4.78, 5) is 13.7. The SMILES string of the molecule is COc1cc(CNc2ccc3c(c2)N(C(C)=O)CCC3)ccc1OCCO. The van der Waals surface area contributed by atoms with Crippen LogP contribution in [-0.2, 0) is 17.8 Å². The van der Waals surface area contributed by atoms with Gasteiger partial charge >= 0.3 is 0 Å². The minimum atomic E-state index is -0.0396. The minimum absolute atomic E-state index is 0.0396. The van der Waals surface area contributed by atoms with Gasteiger partial charge in [0.1, 0.15) is 6.61 Å². The molecule has 0 spiro atoms. The van der Waals surface area contributed by atoms with E-state index in [1.54, 1.807) is 14.0 Å². The number of nitrogens with zero attached hydrogens (tertiary/aromatic N) is 1. The van der Waals surface area contributed by atoms with Crippen LogP contribution in [0.4, 0.5) is 11.4 Å². The maximum Gasteiger partial charge on any atom is 0.223 e. The lowest BCUT2D eigenvalue weighted by atomic mass is 10.0. The molecule has 144 valence electrons. The van der Waals surface area contributed by atoms with Gasteiger partial charge in [0.15, 0.2) is 11.5 Å². The van der Waals surface area contributed by atoms with Gasteiger partial charge in [-0.2, -0.15) is 0 Å². The van der Waals surface area contributed by atoms with Crippen LogP contribution < -0.4 is 19.7 Å². The predicted octanol–water partition coefficient (Wildman–Crippen LogP) is 2.98. The van der Waals surface area contributed by atoms with Crippen LogP contribution in [0.5, 0.6) is 11.5 Å². The number of anilines is 2. The topological polar surface area (TPSA) is 71.0 Å². The third-order valence-corrected chi connectivity index (χ3v) is 4.66. The molecule has 2 aromatic rings. The largest absolute Gasteiger partial charge is 0.493 e. The van der Waals surface area contributed by atoms with Crippen molar-refractivity contribution in [2.75, 3.05) is 37.1 Å². The van der Waals surface area contributed by atoms with E-state index in [0.29, 0.717) is 18.0 Å². The van der Waals surface area contributed by atoms with Crippen LogP contribution in [0.25, 0.3) is 0 Å². The number of fused-ring (bicyclic) bond motifs is 1. The molecule has 6 nitrogen and oxygen atoms in total. The van der Waals surface area contributed by atoms with Crippen LogP contribution in [-0.4, -0.2) is 37.9 Å². The quantitative estimate of drug-likeness (QED) is 0.784. The maximum absolute atomic E-state index is 11.9. The van der Waals surface area contributed by atoms with E-state index in [0.717, 1.165) is 36.3 Å². The monoisotopic (exact) mass is 370 g/mol. The van der Waals surface area contributed by atoms with Crippen LogP contribution >= 0.6 is 0 Å². The summed E-state index contributed by atoms with van der Waals surface area (Å²) in [6.07, 6.45) is 2.01. The Morgan fingerprint density at radius 1 is 1.22 bits per heavy atom. The van der Waals surface area contributed by atoms with Crippen molar-refractivity contribution in [1.82, 2.24) is 0 Å². The Labute approximate surface area is 159 Å². The number of methoxy groups -OCH3 is 1. The first-order valence-electron chi connectivity index (χ1n) is 9.18. The smallest absolute Gasteiger partial charge is 0.223 e. The summed E-state index contributed by atoms with van der Waals surface area (Å²) >= 11 is 0. The molecular weight excluding hydrogens is 344 g/mol. The lowest BCUT2D eigenvalue weighted by Gasteiger charge is -2.29. The molecule has 2 aromatic carbocycles. The van der Waals surface area contributed by atoms with E-state index in [1.165, 1.54) is 5.56 Å². The fourth-order valence-corrected chi connectivity index (χ4v) is 3.31. The lowest BCUT2D eigenvalue weighted by Crippen LogP contribution is -2.33. The van der Waals surface area contributed by atoms with Crippen molar-refractivity contribution < 1.29 is 19.4 Å². The molecule has 0 bridgehead atoms. The Bertz CT molecular complexity index is 807. The number of aryl methyl sites for hydroxylation is 1. The van der Waals surface area contributed by atoms with Crippen LogP contribution in [0.15, 0.2) is 36.4 Å². The standard InChI is InChI=1S/C21H26N2O4/c1-15(25)23-9-3-4-17-6-7-18(13-19(17)23)22-14-16-5-8-20(27-11-10-24)21(12-16)26-2/h5-8,12-13,22,24H,3-4,9-11,14H2,1-2H3. The molecule has 6 heteroatoms. The number of benzene rings is 2. The predicted molar refractivity (Wildman–Crippen MR) is 106 cm³/mol. The number of nitrogens with one attached hydrogen (secondary N) is 1. The summed E-state index contributed by atoms with van der Waals surface area (Å²) in [6, 6.07) is 11.9. The Morgan fingerprint density at radius 3 is 2.81 bits per heavy atom. The first kappa shape index (κ1) is 19.0. The maximum atomic E-state index is 11.9. The number of carbonyl (C=O) groups excluding carboxylic acids is 1. The van der Waals surface area contributed by atoms with Gasteiger partial charge in [0.25, 0.3) is 0 Å². The van der Waals surface area contributed by atoms with Gasteiger partial charge in [-0.15, -0.1) is 0 Å². The summed E-state index contributed by atoms with van der Waals surface area (Å²) in [5.41, 5.74) is 4.24. The van der Waals surface area contributed by atoms with Gasteiger partial charge in [-0.25, -0.2) is 0 Å². The number of aliphatic hydroxyl groups excluding tert-OH is 1. The number of amides is 1. The number of ether oxygens (including phenoxy) is 2. The molecule has 0 aliphatic carbocycles. The third kappa shape index (κ3) is 4.52. The average Bonchev–Trinajstić information content (AvgIpc) is 2.70. The van der Waals surface area contributed by atoms with Crippen molar-refractivity contribution in [3.8, 4) is 11.5 Å². The number of aliphatic hydroxyl groups is 1. The second-order valence-corrected chi connectivity index (χ2v) is 6.53. The molecule has 0 saturated carbocycles. The van der Waals surface area contributed by atoms with E-state index in [4.69, 9.17) is 14.6 Å². The van der Waals surface area contributed by atoms with Gasteiger partial charge in [0.05, 0.1) is 13.7 Å². The van der Waals surface area contributed by atoms with E-state index in [1.807, 2.05) is 29.2 Å². The van der Waals surface area contributed by atoms with Crippen molar-refractivity contribution in [1.29, 1.82) is 0 Å². The molecule has 0 atom stereocenters. The van der Waals surface area contributed by atoms with Gasteiger partial charge in [0, 0.05) is 31.4 Å². The summed E-state index contributed by atoms with van der Waals surface area (Å²) in [5.74, 6) is 1.33. The fraction of sp³-hybridized carbons (Fsp3) is 0.381. The van der Waals surface area contributed by atoms with Gasteiger partial charge in [-0.3, -0.25) is 4.79 Å². The molecule has 1 aliphatic heterocycles. The van der Waals surface area contributed by atoms with E-state index in [9.17, 15) is 4.79 Å². The zero-order valence-electron chi connectivity index (χ0n) is 15.8. The molecule has 0 radical (unpaired) electrons. The highest BCUT2D eigenvalue weighted by Crippen LogP contribution is 2.31. The summed E-state index contributed by atoms with van der Waals surface area (Å²) < 4.78 is 10.8. The molecule has 0 saturated heterocycles. The Kier molecular flexibility index (Phi) is 6.19. The average molecular weight is 370 g/mol. The number of carbonyl (C=O) groups is 1. The number of rotatable bonds is 7. The number of hydrogen-bond donors (Lipinski definition) is 2. The van der Waals surface area contributed by atoms with E-state index in [2.05, 4.69) is 17.4 Å². The molecule has 1 heterocycles. The zero-order chi connectivity index (χ0) is 19.2. The van der Waals surface area contributed by atoms with Crippen molar-refractivity contribution in [3.63, 3.8) is 0 Å². The molecule has 1 aliphatic rings. The molecule has 27 heavy (non-hydrogen) atoms. The first-order valence-corrected chi connectivity index (χ1v) is 9.18. The van der Waals surface area contributed by atoms with E-state index in [-0.39, 0.29) is 19.1 Å². The summed E-state index contributed by atoms with van der Waals surface area (Å²) in [5, 5.41) is 12.3. The van der Waals surface area contributed by atoms with Crippen LogP contribution in [0.1, 0.15) is 24.5 Å². The zero-order valence-corrected chi connectivity index (χ0v) is 15.8. The molecule has 0 aromatic heterocycles. The lowest BCUT2D eigenvalue weighted by molar-refractivity contribution is -0.116. The third-order valence-electron chi connectivity index (χ3n) is 4.66. The second-order valence-electron chi connectivity index (χ2n) is 6.53. The highest BCUT2D eigenvalue weighted by atomic mass is 16.5. The molecule has 0 unspecified atom stereocenters. The molecule has 2 N–H and O–H groups in total. The Morgan fingerprint density at radius 2 is 2.07 bits per heavy atom. The second kappa shape index (κ2) is 8.77. The normalized spacial score (nSPS) is 13.1. The minimum Gasteiger partial charge on any atom is -0.493 e. The highest BCUT2D eigenvalue weighted by molar-refractivity contribution is 5.93. The van der Waals surface area contributed by atoms with Gasteiger partial charge in [-0.05, 0) is 48.2 Å². The van der Waals surface area contributed by atoms with Crippen LogP contribution in [0.2, 0.25) is 0 Å². The fourth-order valence-electron chi connectivity index (χ4n) is 3.31. The van der Waals surface area contributed by atoms with Crippen LogP contribution in [0.3, 0.4) is 0 Å². The van der Waals surface area contributed by atoms with Gasteiger partial charge in [-0.1, -0.05) is 12.1 Å². The molecule has 3 rings (SSSR count). The molecular formula is C21H26N2O4. The Balaban J connectivity index is 1.71. The summed E-state index contributed by atoms with van der Waals surface area (Å²) in [7, 11) is 1.60.